The monoisotopic (exact) mass is 256 g/mol. The summed E-state index contributed by atoms with van der Waals surface area (Å²) >= 11 is 0. The Bertz CT molecular complexity index is 515. The molecular formula is C16H20N2O. The van der Waals surface area contributed by atoms with Crippen molar-refractivity contribution in [2.45, 2.75) is 33.8 Å². The third-order valence-corrected chi connectivity index (χ3v) is 3.03. The Labute approximate surface area is 114 Å². The lowest BCUT2D eigenvalue weighted by Crippen LogP contribution is -1.98. The molecule has 2 rings (SSSR count). The van der Waals surface area contributed by atoms with Crippen molar-refractivity contribution in [2.24, 2.45) is 0 Å². The summed E-state index contributed by atoms with van der Waals surface area (Å²) in [5, 5.41) is 0. The first kappa shape index (κ1) is 13.7. The lowest BCUT2D eigenvalue weighted by Gasteiger charge is -2.08. The highest BCUT2D eigenvalue weighted by Crippen LogP contribution is 2.23. The molecule has 0 amide bonds. The fourth-order valence-corrected chi connectivity index (χ4v) is 2.06. The van der Waals surface area contributed by atoms with Gasteiger partial charge in [0.1, 0.15) is 0 Å². The normalized spacial score (nSPS) is 10.7. The van der Waals surface area contributed by atoms with E-state index in [-0.39, 0.29) is 0 Å². The van der Waals surface area contributed by atoms with Crippen molar-refractivity contribution < 1.29 is 4.74 Å². The molecule has 0 aliphatic heterocycles. The summed E-state index contributed by atoms with van der Waals surface area (Å²) in [6, 6.07) is 6.23. The summed E-state index contributed by atoms with van der Waals surface area (Å²) in [5.74, 6) is 0.787. The van der Waals surface area contributed by atoms with Crippen molar-refractivity contribution in [3.05, 3.63) is 47.3 Å². The van der Waals surface area contributed by atoms with E-state index in [9.17, 15) is 0 Å². The second-order valence-electron chi connectivity index (χ2n) is 4.73. The molecule has 0 aliphatic rings. The highest BCUT2D eigenvalue weighted by molar-refractivity contribution is 5.64. The third-order valence-electron chi connectivity index (χ3n) is 3.03. The van der Waals surface area contributed by atoms with Crippen LogP contribution in [-0.2, 0) is 11.3 Å². The summed E-state index contributed by atoms with van der Waals surface area (Å²) in [5.41, 5.74) is 4.55. The molecule has 0 saturated carbocycles. The smallest absolute Gasteiger partial charge is 0.159 e. The molecular weight excluding hydrogens is 236 g/mol. The Hall–Kier alpha value is -1.74. The topological polar surface area (TPSA) is 35.0 Å². The predicted octanol–water partition coefficient (Wildman–Crippen LogP) is 3.69. The molecule has 100 valence electrons. The van der Waals surface area contributed by atoms with Crippen molar-refractivity contribution >= 4 is 0 Å². The van der Waals surface area contributed by atoms with E-state index in [0.717, 1.165) is 30.0 Å². The Morgan fingerprint density at radius 3 is 2.26 bits per heavy atom. The lowest BCUT2D eigenvalue weighted by atomic mass is 10.0. The Morgan fingerprint density at radius 1 is 1.05 bits per heavy atom. The molecule has 1 aromatic heterocycles. The number of ether oxygens (including phenoxy) is 1. The van der Waals surface area contributed by atoms with Crippen LogP contribution >= 0.6 is 0 Å². The van der Waals surface area contributed by atoms with Crippen molar-refractivity contribution in [1.82, 2.24) is 9.97 Å². The van der Waals surface area contributed by atoms with Gasteiger partial charge in [-0.2, -0.15) is 0 Å². The van der Waals surface area contributed by atoms with Crippen molar-refractivity contribution in [3.8, 4) is 11.4 Å². The number of hydrogen-bond acceptors (Lipinski definition) is 3. The Balaban J connectivity index is 2.18. The van der Waals surface area contributed by atoms with Crippen LogP contribution in [0.3, 0.4) is 0 Å². The van der Waals surface area contributed by atoms with Crippen LogP contribution in [0.1, 0.15) is 30.0 Å². The number of rotatable bonds is 5. The largest absolute Gasteiger partial charge is 0.377 e. The fourth-order valence-electron chi connectivity index (χ4n) is 2.06. The molecule has 19 heavy (non-hydrogen) atoms. The van der Waals surface area contributed by atoms with Crippen molar-refractivity contribution in [2.75, 3.05) is 6.61 Å². The summed E-state index contributed by atoms with van der Waals surface area (Å²) < 4.78 is 5.48. The van der Waals surface area contributed by atoms with Gasteiger partial charge in [0.15, 0.2) is 5.82 Å². The molecule has 0 bridgehead atoms. The lowest BCUT2D eigenvalue weighted by molar-refractivity contribution is 0.121. The average Bonchev–Trinajstić information content (AvgIpc) is 2.40. The minimum absolute atomic E-state index is 0.584. The summed E-state index contributed by atoms with van der Waals surface area (Å²) in [4.78, 5) is 8.92. The maximum atomic E-state index is 5.48. The molecule has 3 heteroatoms. The summed E-state index contributed by atoms with van der Waals surface area (Å²) in [6.45, 7) is 7.63. The molecule has 1 aromatic carbocycles. The van der Waals surface area contributed by atoms with Crippen LogP contribution in [0.2, 0.25) is 0 Å². The zero-order valence-electron chi connectivity index (χ0n) is 11.8. The van der Waals surface area contributed by atoms with Gasteiger partial charge in [0, 0.05) is 30.1 Å². The van der Waals surface area contributed by atoms with E-state index in [2.05, 4.69) is 48.9 Å². The second-order valence-corrected chi connectivity index (χ2v) is 4.73. The zero-order chi connectivity index (χ0) is 13.7. The van der Waals surface area contributed by atoms with Gasteiger partial charge in [0.05, 0.1) is 6.61 Å². The zero-order valence-corrected chi connectivity index (χ0v) is 11.8. The Morgan fingerprint density at radius 2 is 1.68 bits per heavy atom. The molecule has 0 fully saturated rings. The minimum atomic E-state index is 0.584. The number of hydrogen-bond donors (Lipinski definition) is 0. The van der Waals surface area contributed by atoms with Crippen molar-refractivity contribution in [3.63, 3.8) is 0 Å². The fraction of sp³-hybridized carbons (Fsp3) is 0.375. The van der Waals surface area contributed by atoms with Crippen LogP contribution in [-0.4, -0.2) is 16.6 Å². The molecule has 2 aromatic rings. The second kappa shape index (κ2) is 6.43. The quantitative estimate of drug-likeness (QED) is 0.765. The van der Waals surface area contributed by atoms with E-state index >= 15 is 0 Å². The summed E-state index contributed by atoms with van der Waals surface area (Å²) in [7, 11) is 0. The van der Waals surface area contributed by atoms with Crippen LogP contribution in [0.15, 0.2) is 30.6 Å². The average molecular weight is 256 g/mol. The highest BCUT2D eigenvalue weighted by atomic mass is 16.5. The van der Waals surface area contributed by atoms with E-state index < -0.39 is 0 Å². The molecule has 0 N–H and O–H groups in total. The number of nitrogens with zero attached hydrogens (tertiary/aromatic N) is 2. The Kier molecular flexibility index (Phi) is 4.63. The van der Waals surface area contributed by atoms with Gasteiger partial charge in [0.2, 0.25) is 0 Å². The van der Waals surface area contributed by atoms with E-state index in [1.807, 2.05) is 12.4 Å². The first-order valence-corrected chi connectivity index (χ1v) is 6.67. The maximum Gasteiger partial charge on any atom is 0.159 e. The molecule has 3 nitrogen and oxygen atoms in total. The first-order chi connectivity index (χ1) is 9.22. The van der Waals surface area contributed by atoms with Gasteiger partial charge in [-0.05, 0) is 31.4 Å². The molecule has 0 saturated heterocycles. The minimum Gasteiger partial charge on any atom is -0.377 e. The van der Waals surface area contributed by atoms with Gasteiger partial charge in [-0.25, -0.2) is 9.97 Å². The molecule has 0 radical (unpaired) electrons. The van der Waals surface area contributed by atoms with Crippen LogP contribution in [0, 0.1) is 13.8 Å². The van der Waals surface area contributed by atoms with Gasteiger partial charge in [-0.15, -0.1) is 0 Å². The molecule has 0 aliphatic carbocycles. The van der Waals surface area contributed by atoms with Gasteiger partial charge in [-0.1, -0.05) is 25.1 Å². The number of aryl methyl sites for hydroxylation is 2. The van der Waals surface area contributed by atoms with Gasteiger partial charge in [0.25, 0.3) is 0 Å². The summed E-state index contributed by atoms with van der Waals surface area (Å²) in [6.07, 6.45) is 4.73. The molecule has 0 unspecified atom stereocenters. The molecule has 0 spiro atoms. The number of aromatic nitrogens is 2. The maximum absolute atomic E-state index is 5.48. The van der Waals surface area contributed by atoms with Crippen molar-refractivity contribution in [1.29, 1.82) is 0 Å². The first-order valence-electron chi connectivity index (χ1n) is 6.67. The van der Waals surface area contributed by atoms with E-state index in [0.29, 0.717) is 6.61 Å². The van der Waals surface area contributed by atoms with E-state index in [4.69, 9.17) is 4.74 Å². The SMILES string of the molecule is CCCOCc1cnc(-c2c(C)cccc2C)nc1. The third kappa shape index (κ3) is 3.38. The highest BCUT2D eigenvalue weighted by Gasteiger charge is 2.07. The molecule has 1 heterocycles. The van der Waals surface area contributed by atoms with Crippen LogP contribution in [0.25, 0.3) is 11.4 Å². The predicted molar refractivity (Wildman–Crippen MR) is 76.9 cm³/mol. The van der Waals surface area contributed by atoms with E-state index in [1.54, 1.807) is 0 Å². The number of benzene rings is 1. The van der Waals surface area contributed by atoms with Crippen LogP contribution in [0.5, 0.6) is 0 Å². The van der Waals surface area contributed by atoms with Gasteiger partial charge < -0.3 is 4.74 Å². The van der Waals surface area contributed by atoms with E-state index in [1.165, 1.54) is 11.1 Å². The van der Waals surface area contributed by atoms with Gasteiger partial charge >= 0.3 is 0 Å². The van der Waals surface area contributed by atoms with Crippen LogP contribution < -0.4 is 0 Å². The van der Waals surface area contributed by atoms with Gasteiger partial charge in [-0.3, -0.25) is 0 Å². The van der Waals surface area contributed by atoms with Crippen LogP contribution in [0.4, 0.5) is 0 Å². The molecule has 0 atom stereocenters. The standard InChI is InChI=1S/C16H20N2O/c1-4-8-19-11-14-9-17-16(18-10-14)15-12(2)6-5-7-13(15)3/h5-7,9-10H,4,8,11H2,1-3H3.